The molecule has 0 fully saturated rings. The Bertz CT molecular complexity index is 1470. The summed E-state index contributed by atoms with van der Waals surface area (Å²) in [7, 11) is 0.217. The van der Waals surface area contributed by atoms with Crippen LogP contribution in [0.5, 0.6) is 0 Å². The smallest absolute Gasteiger partial charge is 0.339 e. The largest absolute Gasteiger partial charge is 0.417 e. The highest BCUT2D eigenvalue weighted by molar-refractivity contribution is 7.41. The van der Waals surface area contributed by atoms with E-state index in [4.69, 9.17) is 18.1 Å². The molecule has 1 unspecified atom stereocenters. The Morgan fingerprint density at radius 1 is 1.15 bits per heavy atom. The van der Waals surface area contributed by atoms with E-state index in [-0.39, 0.29) is 24.0 Å². The fraction of sp³-hybridized carbons (Fsp3) is 0.360. The van der Waals surface area contributed by atoms with Gasteiger partial charge in [0.05, 0.1) is 6.20 Å². The summed E-state index contributed by atoms with van der Waals surface area (Å²) < 4.78 is 63.0. The van der Waals surface area contributed by atoms with Crippen LogP contribution in [0.25, 0.3) is 17.0 Å². The summed E-state index contributed by atoms with van der Waals surface area (Å²) in [5.74, 6) is -0.203. The van der Waals surface area contributed by atoms with Gasteiger partial charge in [-0.25, -0.2) is 4.98 Å². The van der Waals surface area contributed by atoms with Crippen molar-refractivity contribution >= 4 is 25.8 Å². The molecule has 39 heavy (non-hydrogen) atoms. The number of nitrogens with one attached hydrogen (secondary N) is 1. The highest BCUT2D eigenvalue weighted by atomic mass is 31.2. The summed E-state index contributed by atoms with van der Waals surface area (Å²) in [6, 6.07) is 8.91. The Morgan fingerprint density at radius 2 is 1.90 bits per heavy atom. The number of aromatic nitrogens is 4. The standard InChI is InChI=1S/C25H27F3N5O5P/c1-15-9-11-33-19(14-29-20(33)12-15)23(34)30-18-13-17(7-6-16(18)2)22-31-21(37-32-22)8-10-24(3,25(26,27)28)38-39(35-4)36-5/h6-7,9,11-14H,8,10H2,1-5H3,(H,30,34). The van der Waals surface area contributed by atoms with Crippen molar-refractivity contribution in [3.05, 3.63) is 65.4 Å². The van der Waals surface area contributed by atoms with Crippen LogP contribution in [-0.4, -0.2) is 51.4 Å². The molecule has 1 N–H and O–H groups in total. The van der Waals surface area contributed by atoms with Crippen molar-refractivity contribution in [1.82, 2.24) is 19.5 Å². The van der Waals surface area contributed by atoms with E-state index in [0.717, 1.165) is 18.1 Å². The Morgan fingerprint density at radius 3 is 2.59 bits per heavy atom. The van der Waals surface area contributed by atoms with Gasteiger partial charge in [-0.15, -0.1) is 0 Å². The maximum atomic E-state index is 13.8. The number of pyridine rings is 1. The van der Waals surface area contributed by atoms with E-state index in [1.54, 1.807) is 28.8 Å². The van der Waals surface area contributed by atoms with Gasteiger partial charge in [0, 0.05) is 38.1 Å². The van der Waals surface area contributed by atoms with E-state index >= 15 is 0 Å². The van der Waals surface area contributed by atoms with Crippen molar-refractivity contribution in [1.29, 1.82) is 0 Å². The number of hydrogen-bond donors (Lipinski definition) is 1. The highest BCUT2D eigenvalue weighted by Crippen LogP contribution is 2.49. The van der Waals surface area contributed by atoms with Crippen molar-refractivity contribution in [3.63, 3.8) is 0 Å². The lowest BCUT2D eigenvalue weighted by atomic mass is 10.00. The third kappa shape index (κ3) is 6.27. The first-order chi connectivity index (χ1) is 18.4. The number of carbonyl (C=O) groups excluding carboxylic acids is 1. The average Bonchev–Trinajstić information content (AvgIpc) is 3.53. The molecule has 1 amide bonds. The summed E-state index contributed by atoms with van der Waals surface area (Å²) >= 11 is 0. The first-order valence-corrected chi connectivity index (χ1v) is 12.9. The van der Waals surface area contributed by atoms with E-state index in [0.29, 0.717) is 22.6 Å². The molecule has 0 radical (unpaired) electrons. The number of amides is 1. The summed E-state index contributed by atoms with van der Waals surface area (Å²) in [5, 5.41) is 6.79. The normalized spacial score (nSPS) is 13.7. The Balaban J connectivity index is 1.50. The van der Waals surface area contributed by atoms with Crippen LogP contribution in [0, 0.1) is 13.8 Å². The summed E-state index contributed by atoms with van der Waals surface area (Å²) in [6.07, 6.45) is -2.13. The van der Waals surface area contributed by atoms with Crippen LogP contribution < -0.4 is 5.32 Å². The van der Waals surface area contributed by atoms with Gasteiger partial charge in [0.1, 0.15) is 11.3 Å². The lowest BCUT2D eigenvalue weighted by Crippen LogP contribution is -2.44. The molecule has 0 saturated carbocycles. The van der Waals surface area contributed by atoms with E-state index in [1.165, 1.54) is 20.4 Å². The molecule has 0 saturated heterocycles. The average molecular weight is 565 g/mol. The topological polar surface area (TPSA) is 113 Å². The molecule has 0 aliphatic carbocycles. The number of benzene rings is 1. The fourth-order valence-corrected chi connectivity index (χ4v) is 4.53. The second-order valence-electron chi connectivity index (χ2n) is 8.98. The molecule has 0 aliphatic rings. The number of fused-ring (bicyclic) bond motifs is 1. The second kappa shape index (κ2) is 11.4. The maximum Gasteiger partial charge on any atom is 0.417 e. The number of alkyl halides is 3. The van der Waals surface area contributed by atoms with Crippen molar-refractivity contribution in [2.24, 2.45) is 0 Å². The first-order valence-electron chi connectivity index (χ1n) is 11.8. The SMILES string of the molecule is COP(OC)OC(C)(CCc1nc(-c2ccc(C)c(NC(=O)c3cnc4cc(C)ccn34)c2)no1)C(F)(F)F. The van der Waals surface area contributed by atoms with Crippen LogP contribution in [0.1, 0.15) is 40.9 Å². The summed E-state index contributed by atoms with van der Waals surface area (Å²) in [5.41, 5.74) is 1.28. The molecule has 0 bridgehead atoms. The first kappa shape index (κ1) is 28.6. The number of hydrogen-bond acceptors (Lipinski definition) is 8. The molecule has 14 heteroatoms. The van der Waals surface area contributed by atoms with Crippen molar-refractivity contribution in [3.8, 4) is 11.4 Å². The number of nitrogens with zero attached hydrogens (tertiary/aromatic N) is 4. The minimum absolute atomic E-state index is 0.00424. The molecule has 1 atom stereocenters. The molecule has 1 aromatic carbocycles. The molecule has 3 heterocycles. The highest BCUT2D eigenvalue weighted by Gasteiger charge is 2.54. The zero-order valence-electron chi connectivity index (χ0n) is 21.9. The van der Waals surface area contributed by atoms with Gasteiger partial charge < -0.3 is 18.9 Å². The second-order valence-corrected chi connectivity index (χ2v) is 10.3. The third-order valence-electron chi connectivity index (χ3n) is 6.10. The molecule has 208 valence electrons. The van der Waals surface area contributed by atoms with Crippen LogP contribution in [-0.2, 0) is 20.0 Å². The third-order valence-corrected chi connectivity index (χ3v) is 7.25. The van der Waals surface area contributed by atoms with Gasteiger partial charge in [0.25, 0.3) is 5.91 Å². The minimum Gasteiger partial charge on any atom is -0.339 e. The molecule has 3 aromatic heterocycles. The van der Waals surface area contributed by atoms with Crippen LogP contribution in [0.3, 0.4) is 0 Å². The number of anilines is 1. The van der Waals surface area contributed by atoms with Crippen molar-refractivity contribution in [2.75, 3.05) is 19.5 Å². The zero-order valence-corrected chi connectivity index (χ0v) is 22.8. The van der Waals surface area contributed by atoms with Gasteiger partial charge in [-0.3, -0.25) is 13.7 Å². The van der Waals surface area contributed by atoms with Crippen molar-refractivity contribution in [2.45, 2.75) is 45.4 Å². The molecule has 0 spiro atoms. The zero-order chi connectivity index (χ0) is 28.4. The van der Waals surface area contributed by atoms with E-state index in [1.807, 2.05) is 26.0 Å². The number of aryl methyl sites for hydroxylation is 3. The number of rotatable bonds is 10. The van der Waals surface area contributed by atoms with E-state index in [9.17, 15) is 18.0 Å². The predicted molar refractivity (Wildman–Crippen MR) is 137 cm³/mol. The molecular weight excluding hydrogens is 538 g/mol. The molecule has 0 aliphatic heterocycles. The number of carbonyl (C=O) groups is 1. The molecule has 10 nitrogen and oxygen atoms in total. The maximum absolute atomic E-state index is 13.8. The monoisotopic (exact) mass is 565 g/mol. The fourth-order valence-electron chi connectivity index (χ4n) is 3.70. The van der Waals surface area contributed by atoms with E-state index < -0.39 is 26.8 Å². The van der Waals surface area contributed by atoms with Crippen LogP contribution >= 0.6 is 8.60 Å². The van der Waals surface area contributed by atoms with Gasteiger partial charge in [-0.2, -0.15) is 18.2 Å². The van der Waals surface area contributed by atoms with Gasteiger partial charge >= 0.3 is 14.8 Å². The summed E-state index contributed by atoms with van der Waals surface area (Å²) in [6.45, 7) is 4.68. The number of halogens is 3. The molecular formula is C25H27F3N5O5P. The Kier molecular flexibility index (Phi) is 8.36. The lowest BCUT2D eigenvalue weighted by Gasteiger charge is -2.33. The lowest BCUT2D eigenvalue weighted by molar-refractivity contribution is -0.246. The number of imidazole rings is 1. The predicted octanol–water partition coefficient (Wildman–Crippen LogP) is 6.04. The Labute approximate surface area is 223 Å². The van der Waals surface area contributed by atoms with Crippen molar-refractivity contribution < 1.29 is 36.1 Å². The quantitative estimate of drug-likeness (QED) is 0.232. The van der Waals surface area contributed by atoms with Gasteiger partial charge in [0.2, 0.25) is 11.7 Å². The van der Waals surface area contributed by atoms with Gasteiger partial charge in [-0.05, 0) is 56.5 Å². The van der Waals surface area contributed by atoms with Gasteiger partial charge in [-0.1, -0.05) is 17.3 Å². The van der Waals surface area contributed by atoms with Crippen LogP contribution in [0.4, 0.5) is 18.9 Å². The summed E-state index contributed by atoms with van der Waals surface area (Å²) in [4.78, 5) is 21.6. The van der Waals surface area contributed by atoms with E-state index in [2.05, 4.69) is 20.4 Å². The molecule has 4 rings (SSSR count). The Hall–Kier alpha value is -3.38. The minimum atomic E-state index is -4.70. The van der Waals surface area contributed by atoms with Crippen LogP contribution in [0.2, 0.25) is 0 Å². The van der Waals surface area contributed by atoms with Gasteiger partial charge in [0.15, 0.2) is 5.60 Å². The van der Waals surface area contributed by atoms with Crippen LogP contribution in [0.15, 0.2) is 47.2 Å². The molecule has 4 aromatic rings.